The first-order valence-corrected chi connectivity index (χ1v) is 8.62. The number of hydrazine groups is 1. The Bertz CT molecular complexity index is 947. The van der Waals surface area contributed by atoms with Gasteiger partial charge in [0, 0.05) is 25.8 Å². The number of nitrogens with two attached hydrogens (primary N) is 1. The highest BCUT2D eigenvalue weighted by Gasteiger charge is 2.25. The minimum atomic E-state index is -0.140. The molecule has 3 N–H and O–H groups in total. The fourth-order valence-corrected chi connectivity index (χ4v) is 3.23. The summed E-state index contributed by atoms with van der Waals surface area (Å²) in [7, 11) is 0. The average Bonchev–Trinajstić information content (AvgIpc) is 2.59. The SMILES string of the molecule is Cc1ccc(N(N)C(=O)N2CCC2)cc1-c1ccc2c(c1)=CNCC=2. The van der Waals surface area contributed by atoms with Crippen LogP contribution in [0.15, 0.2) is 36.4 Å². The van der Waals surface area contributed by atoms with Gasteiger partial charge >= 0.3 is 6.03 Å². The zero-order valence-electron chi connectivity index (χ0n) is 14.3. The number of amides is 2. The zero-order valence-corrected chi connectivity index (χ0v) is 14.3. The molecule has 2 aromatic rings. The van der Waals surface area contributed by atoms with E-state index < -0.39 is 0 Å². The molecule has 0 radical (unpaired) electrons. The number of aryl methyl sites for hydroxylation is 1. The van der Waals surface area contributed by atoms with Crippen molar-refractivity contribution < 1.29 is 4.79 Å². The van der Waals surface area contributed by atoms with Crippen LogP contribution in [0.3, 0.4) is 0 Å². The summed E-state index contributed by atoms with van der Waals surface area (Å²) in [4.78, 5) is 14.1. The monoisotopic (exact) mass is 334 g/mol. The summed E-state index contributed by atoms with van der Waals surface area (Å²) in [5, 5.41) is 6.91. The second-order valence-electron chi connectivity index (χ2n) is 6.59. The lowest BCUT2D eigenvalue weighted by molar-refractivity contribution is 0.174. The first kappa shape index (κ1) is 15.7. The van der Waals surface area contributed by atoms with Crippen molar-refractivity contribution in [3.8, 4) is 11.1 Å². The molecule has 128 valence electrons. The third-order valence-corrected chi connectivity index (χ3v) is 4.93. The second kappa shape index (κ2) is 6.26. The van der Waals surface area contributed by atoms with E-state index in [4.69, 9.17) is 5.84 Å². The third kappa shape index (κ3) is 2.87. The largest absolute Gasteiger partial charge is 0.387 e. The molecule has 0 aliphatic carbocycles. The van der Waals surface area contributed by atoms with Gasteiger partial charge in [-0.05, 0) is 58.7 Å². The number of rotatable bonds is 2. The van der Waals surface area contributed by atoms with Crippen LogP contribution in [0.1, 0.15) is 12.0 Å². The molecule has 0 unspecified atom stereocenters. The zero-order chi connectivity index (χ0) is 17.4. The van der Waals surface area contributed by atoms with Crippen molar-refractivity contribution in [3.05, 3.63) is 52.4 Å². The van der Waals surface area contributed by atoms with Crippen LogP contribution in [0.2, 0.25) is 0 Å². The number of benzene rings is 2. The van der Waals surface area contributed by atoms with Crippen molar-refractivity contribution in [3.63, 3.8) is 0 Å². The standard InChI is InChI=1S/C20H22N4O/c1-14-3-6-18(24(21)20(25)23-9-2-10-23)12-19(14)16-5-4-15-7-8-22-13-17(15)11-16/h3-7,11-13,22H,2,8-10,21H2,1H3. The maximum atomic E-state index is 12.4. The summed E-state index contributed by atoms with van der Waals surface area (Å²) >= 11 is 0. The highest BCUT2D eigenvalue weighted by atomic mass is 16.2. The Morgan fingerprint density at radius 3 is 2.76 bits per heavy atom. The van der Waals surface area contributed by atoms with Crippen LogP contribution in [0.4, 0.5) is 10.5 Å². The number of nitrogens with zero attached hydrogens (tertiary/aromatic N) is 2. The van der Waals surface area contributed by atoms with Gasteiger partial charge in [-0.1, -0.05) is 24.3 Å². The fraction of sp³-hybridized carbons (Fsp3) is 0.250. The predicted octanol–water partition coefficient (Wildman–Crippen LogP) is 1.29. The number of anilines is 1. The molecule has 2 heterocycles. The molecule has 1 fully saturated rings. The molecule has 25 heavy (non-hydrogen) atoms. The van der Waals surface area contributed by atoms with Gasteiger partial charge in [-0.3, -0.25) is 0 Å². The molecule has 5 heteroatoms. The van der Waals surface area contributed by atoms with E-state index in [9.17, 15) is 4.79 Å². The van der Waals surface area contributed by atoms with Crippen LogP contribution in [-0.2, 0) is 0 Å². The van der Waals surface area contributed by atoms with Gasteiger partial charge in [0.1, 0.15) is 0 Å². The normalized spacial score (nSPS) is 15.2. The van der Waals surface area contributed by atoms with Crippen molar-refractivity contribution in [1.29, 1.82) is 0 Å². The number of urea groups is 1. The summed E-state index contributed by atoms with van der Waals surface area (Å²) in [6.45, 7) is 4.51. The Morgan fingerprint density at radius 1 is 1.16 bits per heavy atom. The van der Waals surface area contributed by atoms with E-state index in [0.717, 1.165) is 42.7 Å². The second-order valence-corrected chi connectivity index (χ2v) is 6.59. The molecule has 2 aliphatic rings. The molecular formula is C20H22N4O. The van der Waals surface area contributed by atoms with Gasteiger partial charge in [-0.15, -0.1) is 0 Å². The summed E-state index contributed by atoms with van der Waals surface area (Å²) in [6.07, 6.45) is 5.27. The van der Waals surface area contributed by atoms with Gasteiger partial charge < -0.3 is 10.2 Å². The van der Waals surface area contributed by atoms with E-state index in [-0.39, 0.29) is 6.03 Å². The van der Waals surface area contributed by atoms with Gasteiger partial charge in [0.05, 0.1) is 5.69 Å². The van der Waals surface area contributed by atoms with Gasteiger partial charge in [0.2, 0.25) is 0 Å². The van der Waals surface area contributed by atoms with Crippen molar-refractivity contribution >= 4 is 24.0 Å². The first-order chi connectivity index (χ1) is 12.1. The maximum absolute atomic E-state index is 12.4. The van der Waals surface area contributed by atoms with Gasteiger partial charge in [-0.25, -0.2) is 15.6 Å². The molecule has 0 aromatic heterocycles. The highest BCUT2D eigenvalue weighted by molar-refractivity contribution is 5.92. The topological polar surface area (TPSA) is 61.6 Å². The molecule has 0 bridgehead atoms. The first-order valence-electron chi connectivity index (χ1n) is 8.62. The molecule has 5 nitrogen and oxygen atoms in total. The van der Waals surface area contributed by atoms with Crippen molar-refractivity contribution in [2.45, 2.75) is 13.3 Å². The van der Waals surface area contributed by atoms with Gasteiger partial charge in [0.25, 0.3) is 0 Å². The highest BCUT2D eigenvalue weighted by Crippen LogP contribution is 2.27. The number of carbonyl (C=O) groups is 1. The van der Waals surface area contributed by atoms with E-state index >= 15 is 0 Å². The Morgan fingerprint density at radius 2 is 2.00 bits per heavy atom. The number of nitrogens with one attached hydrogen (secondary N) is 1. The van der Waals surface area contributed by atoms with Crippen LogP contribution >= 0.6 is 0 Å². The summed E-state index contributed by atoms with van der Waals surface area (Å²) < 4.78 is 0. The van der Waals surface area contributed by atoms with E-state index in [0.29, 0.717) is 5.69 Å². The van der Waals surface area contributed by atoms with Crippen LogP contribution in [0, 0.1) is 6.92 Å². The number of hydrogen-bond acceptors (Lipinski definition) is 3. The molecule has 1 saturated heterocycles. The Kier molecular flexibility index (Phi) is 3.93. The number of likely N-dealkylation sites (tertiary alicyclic amines) is 1. The summed E-state index contributed by atoms with van der Waals surface area (Å²) in [5.41, 5.74) is 4.08. The van der Waals surface area contributed by atoms with Crippen LogP contribution < -0.4 is 26.6 Å². The van der Waals surface area contributed by atoms with Crippen molar-refractivity contribution in [1.82, 2.24) is 10.2 Å². The molecular weight excluding hydrogens is 312 g/mol. The lowest BCUT2D eigenvalue weighted by Crippen LogP contribution is -2.52. The van der Waals surface area contributed by atoms with Crippen LogP contribution in [-0.4, -0.2) is 30.6 Å². The quantitative estimate of drug-likeness (QED) is 0.494. The maximum Gasteiger partial charge on any atom is 0.338 e. The minimum Gasteiger partial charge on any atom is -0.387 e. The molecule has 2 amide bonds. The molecule has 0 spiro atoms. The van der Waals surface area contributed by atoms with E-state index in [1.807, 2.05) is 24.4 Å². The number of carbonyl (C=O) groups excluding carboxylic acids is 1. The molecule has 2 aromatic carbocycles. The van der Waals surface area contributed by atoms with E-state index in [1.54, 1.807) is 4.90 Å². The lowest BCUT2D eigenvalue weighted by atomic mass is 9.98. The molecule has 4 rings (SSSR count). The Balaban J connectivity index is 1.72. The van der Waals surface area contributed by atoms with E-state index in [1.165, 1.54) is 15.4 Å². The molecule has 0 saturated carbocycles. The third-order valence-electron chi connectivity index (χ3n) is 4.93. The number of fused-ring (bicyclic) bond motifs is 1. The van der Waals surface area contributed by atoms with Gasteiger partial charge in [0.15, 0.2) is 0 Å². The molecule has 2 aliphatic heterocycles. The fourth-order valence-electron chi connectivity index (χ4n) is 3.23. The van der Waals surface area contributed by atoms with Crippen molar-refractivity contribution in [2.24, 2.45) is 5.84 Å². The Hall–Kier alpha value is -2.79. The molecule has 0 atom stereocenters. The van der Waals surface area contributed by atoms with Crippen LogP contribution in [0.25, 0.3) is 23.4 Å². The summed E-state index contributed by atoms with van der Waals surface area (Å²) in [6, 6.07) is 12.2. The predicted molar refractivity (Wildman–Crippen MR) is 101 cm³/mol. The van der Waals surface area contributed by atoms with Crippen LogP contribution in [0.5, 0.6) is 0 Å². The Labute approximate surface area is 147 Å². The lowest BCUT2D eigenvalue weighted by Gasteiger charge is -2.34. The van der Waals surface area contributed by atoms with Crippen molar-refractivity contribution in [2.75, 3.05) is 24.6 Å². The summed E-state index contributed by atoms with van der Waals surface area (Å²) in [5.74, 6) is 6.08. The average molecular weight is 334 g/mol. The number of hydrogen-bond donors (Lipinski definition) is 2. The minimum absolute atomic E-state index is 0.140. The smallest absolute Gasteiger partial charge is 0.338 e. The van der Waals surface area contributed by atoms with E-state index in [2.05, 4.69) is 36.5 Å². The van der Waals surface area contributed by atoms with Gasteiger partial charge in [-0.2, -0.15) is 0 Å².